The number of ether oxygens (including phenoxy) is 14. The van der Waals surface area contributed by atoms with Gasteiger partial charge in [-0.2, -0.15) is 0 Å². The van der Waals surface area contributed by atoms with E-state index in [2.05, 4.69) is 24.3 Å². The fourth-order valence-corrected chi connectivity index (χ4v) is 14.9. The quantitative estimate of drug-likeness (QED) is 0.0294. The maximum atomic E-state index is 14.1. The predicted octanol–water partition coefficient (Wildman–Crippen LogP) is 2.76. The Bertz CT molecular complexity index is 3450. The minimum atomic E-state index is -2.04. The Hall–Kier alpha value is -7.99. The third-order valence-electron chi connectivity index (χ3n) is 18.4. The normalized spacial score (nSPS) is 24.9. The molecule has 4 saturated carbocycles. The molecule has 26 nitrogen and oxygen atoms in total. The second-order valence-corrected chi connectivity index (χ2v) is 29.0. The molecule has 4 aromatic carbocycles. The second kappa shape index (κ2) is 36.4. The van der Waals surface area contributed by atoms with E-state index < -0.39 is 162 Å². The molecule has 0 aromatic heterocycles. The molecule has 2 N–H and O–H groups in total. The van der Waals surface area contributed by atoms with Gasteiger partial charge < -0.3 is 61.9 Å². The van der Waals surface area contributed by atoms with Gasteiger partial charge in [-0.1, -0.05) is 36.4 Å². The molecule has 27 heteroatoms. The van der Waals surface area contributed by atoms with Crippen molar-refractivity contribution in [3.05, 3.63) is 104 Å². The zero-order chi connectivity index (χ0) is 69.8. The van der Waals surface area contributed by atoms with Crippen molar-refractivity contribution < 1.29 is 146 Å². The standard InChI is InChI=1S/C72H84IO26/c1-42-9-15-48(16-10-42)73-49-17-19-50(20-18-49)87-41-70(83)99-58-22-12-44(28-55(58)75)34-89-67(80)38-93-65(78)32-53(72(85)95-40-69(82)91-36-46-14-24-60-62(30-46)97-60)52(71(84)94-39-68(81)90-35-45-13-23-59-61(29-45)96-59)31-64(77)92-37-66(79)88-33-43-11-21-57(54(74)27-43)98-63(76)25-26-86-56-8-4-6-47-5-2-3-7-51(47)56/h2-10,15-20,43-46,52-55,57-62,74-75H,11-14,21-41H2,1H3/q-1. The van der Waals surface area contributed by atoms with Crippen molar-refractivity contribution in [3.63, 3.8) is 0 Å². The van der Waals surface area contributed by atoms with Gasteiger partial charge in [-0.15, -0.1) is 0 Å². The molecule has 99 heavy (non-hydrogen) atoms. The number of aliphatic hydroxyl groups excluding tert-OH is 2. The van der Waals surface area contributed by atoms with E-state index in [9.17, 15) is 58.2 Å². The Morgan fingerprint density at radius 2 is 0.879 bits per heavy atom. The molecule has 10 rings (SSSR count). The molecule has 4 aromatic rings. The number of benzene rings is 4. The van der Waals surface area contributed by atoms with E-state index in [4.69, 9.17) is 66.3 Å². The number of carbonyl (C=O) groups excluding carboxylic acids is 10. The van der Waals surface area contributed by atoms with Crippen LogP contribution in [0, 0.1) is 49.6 Å². The summed E-state index contributed by atoms with van der Waals surface area (Å²) in [7, 11) is 0. The summed E-state index contributed by atoms with van der Waals surface area (Å²) < 4.78 is 78.7. The van der Waals surface area contributed by atoms with Crippen LogP contribution in [-0.2, 0) is 105 Å². The number of hydrogen-bond acceptors (Lipinski definition) is 26. The molecular formula is C72H84IO26-. The number of aryl methyl sites for hydroxylation is 1. The van der Waals surface area contributed by atoms with E-state index in [0.717, 1.165) is 36.5 Å². The van der Waals surface area contributed by atoms with Gasteiger partial charge in [0.25, 0.3) is 0 Å². The monoisotopic (exact) mass is 1490 g/mol. The van der Waals surface area contributed by atoms with Gasteiger partial charge in [0.05, 0.1) is 94.7 Å². The first-order valence-electron chi connectivity index (χ1n) is 33.7. The van der Waals surface area contributed by atoms with Gasteiger partial charge in [0.15, 0.2) is 26.4 Å². The van der Waals surface area contributed by atoms with Crippen LogP contribution in [0.5, 0.6) is 11.5 Å². The molecule has 536 valence electrons. The van der Waals surface area contributed by atoms with Gasteiger partial charge in [0, 0.05) is 5.39 Å². The Balaban J connectivity index is 0.695. The van der Waals surface area contributed by atoms with Crippen LogP contribution < -0.4 is 30.7 Å². The summed E-state index contributed by atoms with van der Waals surface area (Å²) in [4.78, 5) is 133. The molecule has 14 atom stereocenters. The Morgan fingerprint density at radius 1 is 0.434 bits per heavy atom. The number of halogens is 1. The molecule has 4 aliphatic carbocycles. The summed E-state index contributed by atoms with van der Waals surface area (Å²) in [6, 6.07) is 29.1. The summed E-state index contributed by atoms with van der Waals surface area (Å²) in [6.07, 6.45) is 0.247. The van der Waals surface area contributed by atoms with Crippen LogP contribution in [0.3, 0.4) is 0 Å². The third kappa shape index (κ3) is 23.6. The molecule has 0 amide bonds. The van der Waals surface area contributed by atoms with Gasteiger partial charge >= 0.3 is 218 Å². The second-order valence-electron chi connectivity index (χ2n) is 25.9. The average molecular weight is 1490 g/mol. The molecule has 2 aliphatic heterocycles. The first kappa shape index (κ1) is 73.7. The van der Waals surface area contributed by atoms with Gasteiger partial charge in [-0.3, -0.25) is 24.0 Å². The van der Waals surface area contributed by atoms with Crippen molar-refractivity contribution in [1.29, 1.82) is 0 Å². The number of hydrogen-bond donors (Lipinski definition) is 2. The molecule has 6 aliphatic rings. The zero-order valence-corrected chi connectivity index (χ0v) is 57.1. The minimum absolute atomic E-state index is 0.00423. The van der Waals surface area contributed by atoms with Crippen molar-refractivity contribution in [1.82, 2.24) is 0 Å². The topological polar surface area (TPSA) is 347 Å². The van der Waals surface area contributed by atoms with Crippen molar-refractivity contribution in [2.45, 2.75) is 152 Å². The number of carbonyl (C=O) groups is 10. The molecule has 0 spiro atoms. The average Bonchev–Trinajstić information content (AvgIpc) is 1.78. The molecule has 0 radical (unpaired) electrons. The Labute approximate surface area is 582 Å². The molecule has 2 heterocycles. The van der Waals surface area contributed by atoms with Crippen molar-refractivity contribution in [3.8, 4) is 11.5 Å². The zero-order valence-electron chi connectivity index (χ0n) is 55.0. The summed E-state index contributed by atoms with van der Waals surface area (Å²) >= 11 is -0.395. The van der Waals surface area contributed by atoms with E-state index in [1.54, 1.807) is 18.2 Å². The molecule has 6 fully saturated rings. The fourth-order valence-electron chi connectivity index (χ4n) is 12.7. The first-order valence-corrected chi connectivity index (χ1v) is 35.9. The number of esters is 10. The van der Waals surface area contributed by atoms with Crippen LogP contribution in [0.1, 0.15) is 102 Å². The van der Waals surface area contributed by atoms with Gasteiger partial charge in [-0.05, 0) is 87.0 Å². The Kier molecular flexibility index (Phi) is 27.1. The van der Waals surface area contributed by atoms with E-state index >= 15 is 0 Å². The van der Waals surface area contributed by atoms with Crippen LogP contribution in [0.25, 0.3) is 10.8 Å². The van der Waals surface area contributed by atoms with E-state index in [-0.39, 0.29) is 114 Å². The molecule has 14 unspecified atom stereocenters. The predicted molar refractivity (Wildman–Crippen MR) is 337 cm³/mol. The SMILES string of the molecule is Cc1ccc([I-]c2ccc(OCC(=O)OC3CCC(COC(=O)COC(=O)CC(C(=O)OCC(=O)OCC4CCC5OC5C4)C(CC(=O)OCC(=O)OCC4CCC(OC(=O)CCOc5cccc6ccccc56)C(O)C4)C(=O)OCC(=O)OCC4CCC5OC5C4)CC3O)cc2)cc1. The van der Waals surface area contributed by atoms with Crippen LogP contribution in [-0.4, -0.2) is 185 Å². The summed E-state index contributed by atoms with van der Waals surface area (Å²) in [5.41, 5.74) is 1.19. The maximum absolute atomic E-state index is 14.1. The molecule has 0 bridgehead atoms. The van der Waals surface area contributed by atoms with Gasteiger partial charge in [0.2, 0.25) is 0 Å². The fraction of sp³-hybridized carbons (Fsp3) is 0.556. The van der Waals surface area contributed by atoms with Gasteiger partial charge in [-0.25, -0.2) is 19.2 Å². The van der Waals surface area contributed by atoms with Crippen molar-refractivity contribution in [2.24, 2.45) is 35.5 Å². The van der Waals surface area contributed by atoms with Crippen LogP contribution in [0.15, 0.2) is 91.0 Å². The van der Waals surface area contributed by atoms with Crippen LogP contribution in [0.4, 0.5) is 0 Å². The van der Waals surface area contributed by atoms with Crippen molar-refractivity contribution in [2.75, 3.05) is 66.1 Å². The van der Waals surface area contributed by atoms with E-state index in [0.29, 0.717) is 37.2 Å². The number of epoxide rings is 2. The number of fused-ring (bicyclic) bond motifs is 3. The van der Waals surface area contributed by atoms with Gasteiger partial charge in [0.1, 0.15) is 11.9 Å². The van der Waals surface area contributed by atoms with Crippen LogP contribution >= 0.6 is 0 Å². The van der Waals surface area contributed by atoms with Crippen LogP contribution in [0.2, 0.25) is 0 Å². The summed E-state index contributed by atoms with van der Waals surface area (Å²) in [6.45, 7) is -2.78. The Morgan fingerprint density at radius 3 is 1.37 bits per heavy atom. The molecular weight excluding hydrogens is 1410 g/mol. The molecule has 2 saturated heterocycles. The summed E-state index contributed by atoms with van der Waals surface area (Å²) in [5, 5.41) is 23.7. The number of rotatable bonds is 34. The summed E-state index contributed by atoms with van der Waals surface area (Å²) in [5.74, 6) is -14.5. The van der Waals surface area contributed by atoms with Crippen molar-refractivity contribution >= 4 is 70.5 Å². The first-order chi connectivity index (χ1) is 47.8. The third-order valence-corrected chi connectivity index (χ3v) is 21.1. The van der Waals surface area contributed by atoms with E-state index in [1.165, 1.54) is 12.7 Å². The van der Waals surface area contributed by atoms with E-state index in [1.807, 2.05) is 55.5 Å². The number of aliphatic hydroxyl groups is 2.